The molecule has 1 aliphatic rings. The van der Waals surface area contributed by atoms with E-state index >= 15 is 0 Å². The number of anilines is 1. The number of carbonyl (C=O) groups excluding carboxylic acids is 2. The minimum atomic E-state index is -0.544. The number of benzene rings is 1. The van der Waals surface area contributed by atoms with Crippen molar-refractivity contribution in [2.75, 3.05) is 11.4 Å². The van der Waals surface area contributed by atoms with Crippen molar-refractivity contribution in [3.63, 3.8) is 0 Å². The van der Waals surface area contributed by atoms with Crippen molar-refractivity contribution in [2.45, 2.75) is 6.42 Å². The van der Waals surface area contributed by atoms with Crippen LogP contribution in [0.15, 0.2) is 12.1 Å². The fourth-order valence-electron chi connectivity index (χ4n) is 2.34. The molecule has 1 fully saturated rings. The summed E-state index contributed by atoms with van der Waals surface area (Å²) in [6.45, 7) is 0.222. The molecule has 0 spiro atoms. The molecule has 0 aliphatic carbocycles. The monoisotopic (exact) mass is 286 g/mol. The van der Waals surface area contributed by atoms with Crippen LogP contribution < -0.4 is 10.2 Å². The third-order valence-corrected chi connectivity index (χ3v) is 3.38. The lowest BCUT2D eigenvalue weighted by Crippen LogP contribution is -2.49. The van der Waals surface area contributed by atoms with Crippen molar-refractivity contribution in [1.82, 2.24) is 15.1 Å². The largest absolute Gasteiger partial charge is 0.329 e. The Bertz CT molecular complexity index is 818. The van der Waals surface area contributed by atoms with Crippen LogP contribution in [0.3, 0.4) is 0 Å². The Hall–Kier alpha value is -2.88. The molecule has 2 heterocycles. The van der Waals surface area contributed by atoms with Crippen LogP contribution in [0.4, 0.5) is 15.0 Å². The molecule has 3 amide bonds. The first kappa shape index (κ1) is 13.1. The molecule has 0 saturated carbocycles. The summed E-state index contributed by atoms with van der Waals surface area (Å²) in [5.74, 6) is 1.77. The molecule has 2 aromatic rings. The molecule has 1 N–H and O–H groups in total. The number of aryl methyl sites for hydroxylation is 1. The number of imide groups is 1. The van der Waals surface area contributed by atoms with Gasteiger partial charge in [-0.05, 0) is 6.07 Å². The van der Waals surface area contributed by atoms with Crippen LogP contribution in [0.1, 0.15) is 12.0 Å². The first-order valence-corrected chi connectivity index (χ1v) is 6.25. The van der Waals surface area contributed by atoms with E-state index in [-0.39, 0.29) is 24.4 Å². The van der Waals surface area contributed by atoms with Crippen LogP contribution in [0, 0.1) is 18.2 Å². The minimum Gasteiger partial charge on any atom is -0.278 e. The summed E-state index contributed by atoms with van der Waals surface area (Å²) in [5, 5.41) is 7.03. The first-order chi connectivity index (χ1) is 10.0. The van der Waals surface area contributed by atoms with Gasteiger partial charge in [-0.25, -0.2) is 9.18 Å². The summed E-state index contributed by atoms with van der Waals surface area (Å²) < 4.78 is 15.2. The molecule has 7 heteroatoms. The molecular formula is C14H11FN4O2. The van der Waals surface area contributed by atoms with E-state index in [9.17, 15) is 14.0 Å². The third kappa shape index (κ3) is 2.01. The highest BCUT2D eigenvalue weighted by Gasteiger charge is 2.28. The second kappa shape index (κ2) is 4.59. The number of aromatic nitrogens is 2. The molecule has 1 saturated heterocycles. The Morgan fingerprint density at radius 3 is 2.86 bits per heavy atom. The van der Waals surface area contributed by atoms with Gasteiger partial charge >= 0.3 is 6.03 Å². The second-order valence-electron chi connectivity index (χ2n) is 4.70. The number of nitrogens with zero attached hydrogens (tertiary/aromatic N) is 3. The van der Waals surface area contributed by atoms with Crippen LogP contribution in [-0.4, -0.2) is 28.3 Å². The van der Waals surface area contributed by atoms with Gasteiger partial charge in [-0.2, -0.15) is 5.10 Å². The molecule has 21 heavy (non-hydrogen) atoms. The van der Waals surface area contributed by atoms with E-state index in [1.165, 1.54) is 21.7 Å². The van der Waals surface area contributed by atoms with E-state index in [1.54, 1.807) is 7.05 Å². The number of halogens is 1. The lowest BCUT2D eigenvalue weighted by molar-refractivity contribution is -0.120. The first-order valence-electron chi connectivity index (χ1n) is 6.25. The number of fused-ring (bicyclic) bond motifs is 1. The number of urea groups is 1. The van der Waals surface area contributed by atoms with Gasteiger partial charge in [0.2, 0.25) is 5.91 Å². The molecule has 0 unspecified atom stereocenters. The van der Waals surface area contributed by atoms with Gasteiger partial charge in [0, 0.05) is 31.5 Å². The van der Waals surface area contributed by atoms with Gasteiger partial charge in [-0.3, -0.25) is 19.7 Å². The second-order valence-corrected chi connectivity index (χ2v) is 4.70. The topological polar surface area (TPSA) is 67.2 Å². The van der Waals surface area contributed by atoms with Gasteiger partial charge in [-0.15, -0.1) is 6.42 Å². The van der Waals surface area contributed by atoms with E-state index in [0.717, 1.165) is 0 Å². The Morgan fingerprint density at radius 1 is 1.43 bits per heavy atom. The average molecular weight is 286 g/mol. The molecule has 1 aromatic carbocycles. The van der Waals surface area contributed by atoms with Gasteiger partial charge in [0.1, 0.15) is 5.82 Å². The molecular weight excluding hydrogens is 275 g/mol. The SMILES string of the molecule is C#Cc1cc2c(N3CCC(=O)NC3=O)nn(C)c2cc1F. The quantitative estimate of drug-likeness (QED) is 0.799. The van der Waals surface area contributed by atoms with Crippen molar-refractivity contribution in [3.8, 4) is 12.3 Å². The zero-order valence-electron chi connectivity index (χ0n) is 11.2. The molecule has 1 aliphatic heterocycles. The number of carbonyl (C=O) groups is 2. The van der Waals surface area contributed by atoms with Gasteiger partial charge in [0.25, 0.3) is 0 Å². The normalized spacial score (nSPS) is 15.2. The van der Waals surface area contributed by atoms with E-state index in [2.05, 4.69) is 16.3 Å². The molecule has 0 radical (unpaired) electrons. The van der Waals surface area contributed by atoms with Crippen molar-refractivity contribution < 1.29 is 14.0 Å². The lowest BCUT2D eigenvalue weighted by atomic mass is 10.1. The number of rotatable bonds is 1. The highest BCUT2D eigenvalue weighted by molar-refractivity contribution is 6.08. The summed E-state index contributed by atoms with van der Waals surface area (Å²) in [4.78, 5) is 24.5. The van der Waals surface area contributed by atoms with Crippen LogP contribution in [-0.2, 0) is 11.8 Å². The predicted octanol–water partition coefficient (Wildman–Crippen LogP) is 1.14. The van der Waals surface area contributed by atoms with Crippen LogP contribution in [0.25, 0.3) is 10.9 Å². The Balaban J connectivity index is 2.17. The van der Waals surface area contributed by atoms with Crippen LogP contribution in [0.5, 0.6) is 0 Å². The minimum absolute atomic E-state index is 0.102. The molecule has 106 valence electrons. The molecule has 1 aromatic heterocycles. The predicted molar refractivity (Wildman–Crippen MR) is 74.1 cm³/mol. The van der Waals surface area contributed by atoms with Gasteiger partial charge in [0.05, 0.1) is 11.1 Å². The number of hydrogen-bond donors (Lipinski definition) is 1. The maximum Gasteiger partial charge on any atom is 0.329 e. The fraction of sp³-hybridized carbons (Fsp3) is 0.214. The smallest absolute Gasteiger partial charge is 0.278 e. The summed E-state index contributed by atoms with van der Waals surface area (Å²) in [7, 11) is 1.65. The number of terminal acetylenes is 1. The maximum absolute atomic E-state index is 13.8. The average Bonchev–Trinajstić information content (AvgIpc) is 2.74. The van der Waals surface area contributed by atoms with Crippen molar-refractivity contribution in [2.24, 2.45) is 7.05 Å². The molecule has 0 atom stereocenters. The highest BCUT2D eigenvalue weighted by atomic mass is 19.1. The Labute approximate surface area is 119 Å². The van der Waals surface area contributed by atoms with Crippen LogP contribution in [0.2, 0.25) is 0 Å². The van der Waals surface area contributed by atoms with E-state index in [0.29, 0.717) is 16.7 Å². The highest BCUT2D eigenvalue weighted by Crippen LogP contribution is 2.29. The summed E-state index contributed by atoms with van der Waals surface area (Å²) in [5.41, 5.74) is 0.622. The standard InChI is InChI=1S/C14H11FN4O2/c1-3-8-6-9-11(7-10(8)15)18(2)17-13(9)19-5-4-12(20)16-14(19)21/h1,6-7H,4-5H2,2H3,(H,16,20,21). The lowest BCUT2D eigenvalue weighted by Gasteiger charge is -2.24. The maximum atomic E-state index is 13.8. The molecule has 3 rings (SSSR count). The van der Waals surface area contributed by atoms with Gasteiger partial charge in [0.15, 0.2) is 5.82 Å². The Morgan fingerprint density at radius 2 is 2.19 bits per heavy atom. The third-order valence-electron chi connectivity index (χ3n) is 3.38. The van der Waals surface area contributed by atoms with Crippen molar-refractivity contribution >= 4 is 28.7 Å². The Kier molecular flexibility index (Phi) is 2.87. The van der Waals surface area contributed by atoms with Crippen molar-refractivity contribution in [1.29, 1.82) is 0 Å². The van der Waals surface area contributed by atoms with Gasteiger partial charge < -0.3 is 0 Å². The van der Waals surface area contributed by atoms with E-state index in [1.807, 2.05) is 0 Å². The molecule has 0 bridgehead atoms. The summed E-state index contributed by atoms with van der Waals surface area (Å²) in [6, 6.07) is 2.22. The summed E-state index contributed by atoms with van der Waals surface area (Å²) in [6.07, 6.45) is 5.46. The van der Waals surface area contributed by atoms with E-state index < -0.39 is 11.8 Å². The zero-order valence-corrected chi connectivity index (χ0v) is 11.2. The summed E-state index contributed by atoms with van der Waals surface area (Å²) >= 11 is 0. The fourth-order valence-corrected chi connectivity index (χ4v) is 2.34. The van der Waals surface area contributed by atoms with E-state index in [4.69, 9.17) is 6.42 Å². The van der Waals surface area contributed by atoms with Crippen LogP contribution >= 0.6 is 0 Å². The zero-order chi connectivity index (χ0) is 15.1. The molecule has 6 nitrogen and oxygen atoms in total. The number of nitrogens with one attached hydrogen (secondary N) is 1. The van der Waals surface area contributed by atoms with Gasteiger partial charge in [-0.1, -0.05) is 5.92 Å². The number of amides is 3. The number of hydrogen-bond acceptors (Lipinski definition) is 3. The van der Waals surface area contributed by atoms with Crippen molar-refractivity contribution in [3.05, 3.63) is 23.5 Å².